The van der Waals surface area contributed by atoms with Gasteiger partial charge in [-0.1, -0.05) is 29.8 Å². The second kappa shape index (κ2) is 4.35. The van der Waals surface area contributed by atoms with Gasteiger partial charge in [-0.3, -0.25) is 9.89 Å². The molecule has 1 aromatic heterocycles. The summed E-state index contributed by atoms with van der Waals surface area (Å²) in [6, 6.07) is 1.85. The quantitative estimate of drug-likeness (QED) is 0.832. The summed E-state index contributed by atoms with van der Waals surface area (Å²) in [5.41, 5.74) is 1.01. The van der Waals surface area contributed by atoms with E-state index in [0.29, 0.717) is 11.7 Å². The second-order valence-corrected chi connectivity index (χ2v) is 6.27. The number of nitrogens with zero attached hydrogens (tertiary/aromatic N) is 1. The van der Waals surface area contributed by atoms with Gasteiger partial charge in [0.15, 0.2) is 5.82 Å². The molecule has 2 N–H and O–H groups in total. The van der Waals surface area contributed by atoms with Gasteiger partial charge >= 0.3 is 0 Å². The van der Waals surface area contributed by atoms with Crippen molar-refractivity contribution in [1.29, 1.82) is 0 Å². The van der Waals surface area contributed by atoms with E-state index in [4.69, 9.17) is 0 Å². The number of hydrogen-bond donors (Lipinski definition) is 2. The highest BCUT2D eigenvalue weighted by Gasteiger charge is 2.24. The molecule has 0 aliphatic carbocycles. The Hall–Kier alpha value is -0.840. The van der Waals surface area contributed by atoms with Crippen molar-refractivity contribution in [2.45, 2.75) is 37.9 Å². The van der Waals surface area contributed by atoms with Crippen molar-refractivity contribution in [1.82, 2.24) is 10.2 Å². The maximum absolute atomic E-state index is 11.6. The van der Waals surface area contributed by atoms with Crippen LogP contribution in [0.2, 0.25) is 0 Å². The lowest BCUT2D eigenvalue weighted by molar-refractivity contribution is -0.117. The number of rotatable bonds is 3. The van der Waals surface area contributed by atoms with Crippen LogP contribution in [0.15, 0.2) is 6.07 Å². The Balaban J connectivity index is 2.70. The molecule has 0 aromatic carbocycles. The van der Waals surface area contributed by atoms with E-state index >= 15 is 0 Å². The number of amides is 1. The Morgan fingerprint density at radius 1 is 1.60 bits per heavy atom. The summed E-state index contributed by atoms with van der Waals surface area (Å²) in [6.45, 7) is 7.71. The van der Waals surface area contributed by atoms with Gasteiger partial charge in [-0.25, -0.2) is 0 Å². The second-order valence-electron chi connectivity index (χ2n) is 4.29. The standard InChI is InChI=1S/C10H16BrN3O/c1-6(2)7-5-8(14-13-7)12-9(15)10(3,4)11/h5-6H,1-4H3,(H2,12,13,14,15). The molecule has 0 atom stereocenters. The molecule has 0 saturated heterocycles. The number of alkyl halides is 1. The average Bonchev–Trinajstić information content (AvgIpc) is 2.50. The van der Waals surface area contributed by atoms with Gasteiger partial charge in [-0.2, -0.15) is 5.10 Å². The van der Waals surface area contributed by atoms with Gasteiger partial charge in [0.05, 0.1) is 4.32 Å². The molecule has 5 heteroatoms. The smallest absolute Gasteiger partial charge is 0.241 e. The van der Waals surface area contributed by atoms with E-state index in [1.165, 1.54) is 0 Å². The van der Waals surface area contributed by atoms with Crippen LogP contribution in [0.5, 0.6) is 0 Å². The van der Waals surface area contributed by atoms with Crippen molar-refractivity contribution in [3.05, 3.63) is 11.8 Å². The van der Waals surface area contributed by atoms with Crippen molar-refractivity contribution < 1.29 is 4.79 Å². The number of aromatic amines is 1. The molecule has 1 rings (SSSR count). The van der Waals surface area contributed by atoms with Gasteiger partial charge in [0, 0.05) is 11.8 Å². The van der Waals surface area contributed by atoms with Crippen molar-refractivity contribution in [3.63, 3.8) is 0 Å². The summed E-state index contributed by atoms with van der Waals surface area (Å²) in [5, 5.41) is 9.62. The molecule has 0 saturated carbocycles. The number of halogens is 1. The largest absolute Gasteiger partial charge is 0.308 e. The first-order valence-corrected chi connectivity index (χ1v) is 5.65. The minimum atomic E-state index is -0.579. The number of H-pyrrole nitrogens is 1. The Labute approximate surface area is 98.0 Å². The van der Waals surface area contributed by atoms with Crippen LogP contribution in [0.1, 0.15) is 39.3 Å². The Kier molecular flexibility index (Phi) is 3.54. The predicted molar refractivity (Wildman–Crippen MR) is 64.3 cm³/mol. The number of carbonyl (C=O) groups excluding carboxylic acids is 1. The zero-order valence-electron chi connectivity index (χ0n) is 9.39. The highest BCUT2D eigenvalue weighted by molar-refractivity contribution is 9.10. The third-order valence-corrected chi connectivity index (χ3v) is 2.36. The summed E-state index contributed by atoms with van der Waals surface area (Å²) in [7, 11) is 0. The molecule has 0 fully saturated rings. The molecular formula is C10H16BrN3O. The van der Waals surface area contributed by atoms with Gasteiger partial charge in [-0.05, 0) is 19.8 Å². The normalized spacial score (nSPS) is 11.9. The first kappa shape index (κ1) is 12.2. The zero-order valence-corrected chi connectivity index (χ0v) is 11.0. The highest BCUT2D eigenvalue weighted by atomic mass is 79.9. The first-order valence-electron chi connectivity index (χ1n) is 4.86. The molecule has 0 unspecified atom stereocenters. The first-order chi connectivity index (χ1) is 6.80. The van der Waals surface area contributed by atoms with E-state index in [2.05, 4.69) is 45.3 Å². The van der Waals surface area contributed by atoms with Gasteiger partial charge in [0.2, 0.25) is 5.91 Å². The van der Waals surface area contributed by atoms with E-state index in [-0.39, 0.29) is 5.91 Å². The van der Waals surface area contributed by atoms with Crippen LogP contribution in [-0.4, -0.2) is 20.4 Å². The molecule has 0 spiro atoms. The minimum Gasteiger partial charge on any atom is -0.308 e. The lowest BCUT2D eigenvalue weighted by Crippen LogP contribution is -2.31. The maximum atomic E-state index is 11.6. The number of anilines is 1. The van der Waals surface area contributed by atoms with Crippen molar-refractivity contribution >= 4 is 27.7 Å². The third kappa shape index (κ3) is 3.34. The van der Waals surface area contributed by atoms with Gasteiger partial charge in [-0.15, -0.1) is 0 Å². The van der Waals surface area contributed by atoms with Gasteiger partial charge < -0.3 is 5.32 Å². The fourth-order valence-electron chi connectivity index (χ4n) is 0.961. The van der Waals surface area contributed by atoms with Crippen LogP contribution in [0.4, 0.5) is 5.82 Å². The van der Waals surface area contributed by atoms with E-state index in [1.54, 1.807) is 13.8 Å². The van der Waals surface area contributed by atoms with Crippen molar-refractivity contribution in [2.24, 2.45) is 0 Å². The lowest BCUT2D eigenvalue weighted by atomic mass is 10.1. The fourth-order valence-corrected chi connectivity index (χ4v) is 1.06. The third-order valence-electron chi connectivity index (χ3n) is 2.00. The van der Waals surface area contributed by atoms with Crippen molar-refractivity contribution in [2.75, 3.05) is 5.32 Å². The summed E-state index contributed by atoms with van der Waals surface area (Å²) < 4.78 is -0.579. The minimum absolute atomic E-state index is 0.107. The Morgan fingerprint density at radius 3 is 2.60 bits per heavy atom. The summed E-state index contributed by atoms with van der Waals surface area (Å²) in [4.78, 5) is 11.6. The molecular weight excluding hydrogens is 258 g/mol. The van der Waals surface area contributed by atoms with E-state index in [9.17, 15) is 4.79 Å². The predicted octanol–water partition coefficient (Wildman–Crippen LogP) is 2.65. The fraction of sp³-hybridized carbons (Fsp3) is 0.600. The SMILES string of the molecule is CC(C)c1cc(NC(=O)C(C)(C)Br)n[nH]1. The van der Waals surface area contributed by atoms with Gasteiger partial charge in [0.1, 0.15) is 0 Å². The molecule has 0 bridgehead atoms. The zero-order chi connectivity index (χ0) is 11.6. The summed E-state index contributed by atoms with van der Waals surface area (Å²) in [5.74, 6) is 0.834. The molecule has 1 aromatic rings. The molecule has 15 heavy (non-hydrogen) atoms. The monoisotopic (exact) mass is 273 g/mol. The van der Waals surface area contributed by atoms with Crippen LogP contribution in [-0.2, 0) is 4.79 Å². The van der Waals surface area contributed by atoms with Crippen LogP contribution >= 0.6 is 15.9 Å². The van der Waals surface area contributed by atoms with Crippen LogP contribution in [0, 0.1) is 0 Å². The van der Waals surface area contributed by atoms with Crippen LogP contribution in [0.3, 0.4) is 0 Å². The van der Waals surface area contributed by atoms with E-state index < -0.39 is 4.32 Å². The number of nitrogens with one attached hydrogen (secondary N) is 2. The van der Waals surface area contributed by atoms with Crippen molar-refractivity contribution in [3.8, 4) is 0 Å². The van der Waals surface area contributed by atoms with Crippen LogP contribution in [0.25, 0.3) is 0 Å². The molecule has 1 heterocycles. The van der Waals surface area contributed by atoms with E-state index in [0.717, 1.165) is 5.69 Å². The van der Waals surface area contributed by atoms with Crippen LogP contribution < -0.4 is 5.32 Å². The molecule has 0 aliphatic heterocycles. The Bertz CT molecular complexity index is 352. The summed E-state index contributed by atoms with van der Waals surface area (Å²) >= 11 is 3.29. The molecule has 4 nitrogen and oxygen atoms in total. The molecule has 84 valence electrons. The van der Waals surface area contributed by atoms with E-state index in [1.807, 2.05) is 6.07 Å². The number of carbonyl (C=O) groups is 1. The number of aromatic nitrogens is 2. The van der Waals surface area contributed by atoms with Gasteiger partial charge in [0.25, 0.3) is 0 Å². The molecule has 1 amide bonds. The number of hydrogen-bond acceptors (Lipinski definition) is 2. The highest BCUT2D eigenvalue weighted by Crippen LogP contribution is 2.19. The topological polar surface area (TPSA) is 57.8 Å². The molecule has 0 radical (unpaired) electrons. The molecule has 0 aliphatic rings. The Morgan fingerprint density at radius 2 is 2.20 bits per heavy atom. The maximum Gasteiger partial charge on any atom is 0.241 e. The average molecular weight is 274 g/mol. The lowest BCUT2D eigenvalue weighted by Gasteiger charge is -2.13. The summed E-state index contributed by atoms with van der Waals surface area (Å²) in [6.07, 6.45) is 0.